The number of rotatable bonds is 3. The molecule has 0 aliphatic carbocycles. The van der Waals surface area contributed by atoms with Crippen LogP contribution >= 0.6 is 0 Å². The molecule has 0 aliphatic heterocycles. The Kier molecular flexibility index (Phi) is 3.39. The molecule has 4 rings (SSSR count). The third kappa shape index (κ3) is 2.46. The Hall–Kier alpha value is -3.34. The van der Waals surface area contributed by atoms with Gasteiger partial charge in [-0.05, 0) is 30.3 Å². The maximum absolute atomic E-state index is 12.3. The molecule has 5 heteroatoms. The maximum atomic E-state index is 12.3. The molecule has 0 unspecified atom stereocenters. The van der Waals surface area contributed by atoms with E-state index >= 15 is 0 Å². The van der Waals surface area contributed by atoms with Crippen LogP contribution in [0.2, 0.25) is 0 Å². The molecule has 0 spiro atoms. The van der Waals surface area contributed by atoms with E-state index < -0.39 is 5.63 Å². The summed E-state index contributed by atoms with van der Waals surface area (Å²) in [6.07, 6.45) is 1.72. The number of nitrogens with zero attached hydrogens (tertiary/aromatic N) is 2. The van der Waals surface area contributed by atoms with E-state index in [1.54, 1.807) is 23.9 Å². The molecule has 0 atom stereocenters. The van der Waals surface area contributed by atoms with Crippen molar-refractivity contribution in [3.05, 3.63) is 77.3 Å². The van der Waals surface area contributed by atoms with E-state index in [0.29, 0.717) is 17.0 Å². The summed E-state index contributed by atoms with van der Waals surface area (Å²) in [5.74, 6) is 1.26. The van der Waals surface area contributed by atoms with E-state index in [0.717, 1.165) is 16.9 Å². The van der Waals surface area contributed by atoms with Gasteiger partial charge in [0.15, 0.2) is 11.3 Å². The lowest BCUT2D eigenvalue weighted by molar-refractivity contribution is 0.415. The normalized spacial score (nSPS) is 10.9. The van der Waals surface area contributed by atoms with Crippen molar-refractivity contribution >= 4 is 5.52 Å². The van der Waals surface area contributed by atoms with Crippen LogP contribution in [-0.4, -0.2) is 16.7 Å². The molecule has 2 aromatic carbocycles. The smallest absolute Gasteiger partial charge is 0.362 e. The minimum Gasteiger partial charge on any atom is -0.497 e. The first-order valence-electron chi connectivity index (χ1n) is 7.48. The monoisotopic (exact) mass is 318 g/mol. The van der Waals surface area contributed by atoms with Gasteiger partial charge in [0.2, 0.25) is 0 Å². The molecule has 2 heterocycles. The van der Waals surface area contributed by atoms with Gasteiger partial charge in [-0.3, -0.25) is 0 Å². The summed E-state index contributed by atoms with van der Waals surface area (Å²) >= 11 is 0. The zero-order valence-corrected chi connectivity index (χ0v) is 13.0. The Morgan fingerprint density at radius 1 is 1.00 bits per heavy atom. The number of benzene rings is 2. The van der Waals surface area contributed by atoms with Crippen molar-refractivity contribution in [3.8, 4) is 28.3 Å². The van der Waals surface area contributed by atoms with Gasteiger partial charge < -0.3 is 9.15 Å². The minimum absolute atomic E-state index is 0.403. The summed E-state index contributed by atoms with van der Waals surface area (Å²) < 4.78 is 12.1. The number of ether oxygens (including phenoxy) is 1. The molecule has 5 nitrogen and oxygen atoms in total. The second kappa shape index (κ2) is 5.70. The van der Waals surface area contributed by atoms with Crippen LogP contribution in [0.4, 0.5) is 0 Å². The van der Waals surface area contributed by atoms with Crippen LogP contribution in [-0.2, 0) is 0 Å². The zero-order valence-electron chi connectivity index (χ0n) is 13.0. The van der Waals surface area contributed by atoms with Crippen molar-refractivity contribution in [2.24, 2.45) is 0 Å². The van der Waals surface area contributed by atoms with E-state index in [1.165, 1.54) is 0 Å². The number of aromatic nitrogens is 2. The highest BCUT2D eigenvalue weighted by atomic mass is 16.5. The molecule has 0 amide bonds. The minimum atomic E-state index is -0.413. The van der Waals surface area contributed by atoms with Crippen LogP contribution in [0.3, 0.4) is 0 Å². The summed E-state index contributed by atoms with van der Waals surface area (Å²) in [5.41, 5.74) is 2.43. The largest absolute Gasteiger partial charge is 0.497 e. The second-order valence-corrected chi connectivity index (χ2v) is 5.34. The fourth-order valence-electron chi connectivity index (χ4n) is 2.57. The fourth-order valence-corrected chi connectivity index (χ4v) is 2.57. The van der Waals surface area contributed by atoms with Crippen molar-refractivity contribution in [2.45, 2.75) is 0 Å². The highest BCUT2D eigenvalue weighted by molar-refractivity contribution is 5.67. The van der Waals surface area contributed by atoms with Crippen molar-refractivity contribution in [1.29, 1.82) is 0 Å². The molecule has 0 N–H and O–H groups in total. The van der Waals surface area contributed by atoms with Crippen molar-refractivity contribution in [3.63, 3.8) is 0 Å². The van der Waals surface area contributed by atoms with Gasteiger partial charge in [0, 0.05) is 11.1 Å². The van der Waals surface area contributed by atoms with Crippen LogP contribution in [0.15, 0.2) is 76.1 Å². The summed E-state index contributed by atoms with van der Waals surface area (Å²) in [5, 5.41) is 4.50. The van der Waals surface area contributed by atoms with Gasteiger partial charge in [0.25, 0.3) is 0 Å². The van der Waals surface area contributed by atoms with E-state index in [4.69, 9.17) is 9.15 Å². The van der Waals surface area contributed by atoms with E-state index in [1.807, 2.05) is 54.6 Å². The summed E-state index contributed by atoms with van der Waals surface area (Å²) in [6.45, 7) is 0. The second-order valence-electron chi connectivity index (χ2n) is 5.34. The summed E-state index contributed by atoms with van der Waals surface area (Å²) in [6, 6.07) is 18.7. The van der Waals surface area contributed by atoms with E-state index in [2.05, 4.69) is 5.10 Å². The van der Waals surface area contributed by atoms with Crippen LogP contribution in [0, 0.1) is 0 Å². The molecular formula is C19H14N2O3. The predicted octanol–water partition coefficient (Wildman–Crippen LogP) is 3.63. The molecule has 118 valence electrons. The molecule has 2 aromatic heterocycles. The Morgan fingerprint density at radius 2 is 1.75 bits per heavy atom. The van der Waals surface area contributed by atoms with Crippen LogP contribution in [0.1, 0.15) is 0 Å². The topological polar surface area (TPSA) is 56.7 Å². The Bertz CT molecular complexity index is 1050. The molecule has 0 fully saturated rings. The number of hydrogen-bond donors (Lipinski definition) is 0. The number of hydrogen-bond acceptors (Lipinski definition) is 4. The standard InChI is InChI=1S/C19H14N2O3/c1-23-15-9-7-13(8-10-15)16-11-17-19(22)24-18(12-21(17)20-16)14-5-3-2-4-6-14/h2-12H,1H3. The van der Waals surface area contributed by atoms with Crippen molar-refractivity contribution in [1.82, 2.24) is 9.61 Å². The first-order valence-corrected chi connectivity index (χ1v) is 7.48. The third-order valence-electron chi connectivity index (χ3n) is 3.83. The van der Waals surface area contributed by atoms with Gasteiger partial charge in [0.1, 0.15) is 5.75 Å². The first kappa shape index (κ1) is 14.3. The first-order chi connectivity index (χ1) is 11.7. The molecule has 0 radical (unpaired) electrons. The Labute approximate surface area is 137 Å². The molecular weight excluding hydrogens is 304 g/mol. The van der Waals surface area contributed by atoms with Crippen LogP contribution in [0.25, 0.3) is 28.1 Å². The van der Waals surface area contributed by atoms with Gasteiger partial charge >= 0.3 is 5.63 Å². The van der Waals surface area contributed by atoms with Gasteiger partial charge in [-0.25, -0.2) is 9.31 Å². The fraction of sp³-hybridized carbons (Fsp3) is 0.0526. The summed E-state index contributed by atoms with van der Waals surface area (Å²) in [4.78, 5) is 12.3. The van der Waals surface area contributed by atoms with Gasteiger partial charge in [-0.1, -0.05) is 30.3 Å². The number of fused-ring (bicyclic) bond motifs is 1. The Balaban J connectivity index is 1.83. The van der Waals surface area contributed by atoms with Crippen LogP contribution < -0.4 is 10.4 Å². The van der Waals surface area contributed by atoms with Crippen molar-refractivity contribution in [2.75, 3.05) is 7.11 Å². The SMILES string of the molecule is COc1ccc(-c2cc3c(=O)oc(-c4ccccc4)cn3n2)cc1. The zero-order chi connectivity index (χ0) is 16.5. The lowest BCUT2D eigenvalue weighted by atomic mass is 10.1. The molecule has 0 aliphatic rings. The van der Waals surface area contributed by atoms with Gasteiger partial charge in [-0.15, -0.1) is 0 Å². The lowest BCUT2D eigenvalue weighted by Crippen LogP contribution is -2.04. The van der Waals surface area contributed by atoms with Gasteiger partial charge in [0.05, 0.1) is 19.0 Å². The molecule has 0 bridgehead atoms. The number of methoxy groups -OCH3 is 1. The molecule has 24 heavy (non-hydrogen) atoms. The van der Waals surface area contributed by atoms with Crippen molar-refractivity contribution < 1.29 is 9.15 Å². The van der Waals surface area contributed by atoms with Gasteiger partial charge in [-0.2, -0.15) is 5.10 Å². The highest BCUT2D eigenvalue weighted by Crippen LogP contribution is 2.23. The average molecular weight is 318 g/mol. The third-order valence-corrected chi connectivity index (χ3v) is 3.83. The summed E-state index contributed by atoms with van der Waals surface area (Å²) in [7, 11) is 1.62. The Morgan fingerprint density at radius 3 is 2.46 bits per heavy atom. The quantitative estimate of drug-likeness (QED) is 0.579. The van der Waals surface area contributed by atoms with Crippen LogP contribution in [0.5, 0.6) is 5.75 Å². The molecule has 0 saturated carbocycles. The van der Waals surface area contributed by atoms with E-state index in [-0.39, 0.29) is 0 Å². The van der Waals surface area contributed by atoms with E-state index in [9.17, 15) is 4.79 Å². The lowest BCUT2D eigenvalue weighted by Gasteiger charge is -2.00. The maximum Gasteiger partial charge on any atom is 0.362 e. The predicted molar refractivity (Wildman–Crippen MR) is 91.2 cm³/mol. The highest BCUT2D eigenvalue weighted by Gasteiger charge is 2.11. The average Bonchev–Trinajstić information content (AvgIpc) is 3.07. The molecule has 0 saturated heterocycles. The molecule has 4 aromatic rings.